The Bertz CT molecular complexity index is 816. The van der Waals surface area contributed by atoms with Gasteiger partial charge in [-0.25, -0.2) is 8.78 Å². The Hall–Kier alpha value is -2.47. The van der Waals surface area contributed by atoms with Crippen molar-refractivity contribution in [1.29, 1.82) is 0 Å². The van der Waals surface area contributed by atoms with Crippen LogP contribution in [0.3, 0.4) is 0 Å². The van der Waals surface area contributed by atoms with Crippen LogP contribution in [-0.2, 0) is 11.3 Å². The Labute approximate surface area is 144 Å². The smallest absolute Gasteiger partial charge is 0.256 e. The number of likely N-dealkylation sites (tertiary alicyclic amines) is 1. The van der Waals surface area contributed by atoms with Crippen molar-refractivity contribution < 1.29 is 23.0 Å². The Morgan fingerprint density at radius 2 is 1.84 bits per heavy atom. The molecule has 0 aliphatic carbocycles. The van der Waals surface area contributed by atoms with Gasteiger partial charge in [0.1, 0.15) is 17.4 Å². The third-order valence-electron chi connectivity index (χ3n) is 4.73. The van der Waals surface area contributed by atoms with Crippen LogP contribution >= 0.6 is 0 Å². The van der Waals surface area contributed by atoms with Crippen molar-refractivity contribution in [2.75, 3.05) is 13.1 Å². The Kier molecular flexibility index (Phi) is 3.92. The fourth-order valence-corrected chi connectivity index (χ4v) is 3.29. The topological polar surface area (TPSA) is 38.8 Å². The summed E-state index contributed by atoms with van der Waals surface area (Å²) in [5.41, 5.74) is 0.750. The summed E-state index contributed by atoms with van der Waals surface area (Å²) in [6, 6.07) is 10.6. The number of ether oxygens (including phenoxy) is 2. The van der Waals surface area contributed by atoms with Crippen molar-refractivity contribution in [1.82, 2.24) is 4.90 Å². The van der Waals surface area contributed by atoms with Gasteiger partial charge in [-0.1, -0.05) is 18.2 Å². The molecule has 130 valence electrons. The first-order valence-electron chi connectivity index (χ1n) is 8.22. The highest BCUT2D eigenvalue weighted by Crippen LogP contribution is 2.37. The highest BCUT2D eigenvalue weighted by molar-refractivity contribution is 5.94. The largest absolute Gasteiger partial charge is 0.462 e. The molecule has 2 aliphatic heterocycles. The van der Waals surface area contributed by atoms with Gasteiger partial charge >= 0.3 is 0 Å². The molecule has 0 bridgehead atoms. The number of carbonyl (C=O) groups is 1. The van der Waals surface area contributed by atoms with Crippen LogP contribution in [0.25, 0.3) is 0 Å². The van der Waals surface area contributed by atoms with Gasteiger partial charge in [0.2, 0.25) is 5.79 Å². The second-order valence-corrected chi connectivity index (χ2v) is 6.33. The number of carbonyl (C=O) groups excluding carboxylic acids is 1. The van der Waals surface area contributed by atoms with Crippen molar-refractivity contribution in [2.45, 2.75) is 25.2 Å². The zero-order valence-corrected chi connectivity index (χ0v) is 13.5. The van der Waals surface area contributed by atoms with Gasteiger partial charge in [0.15, 0.2) is 0 Å². The summed E-state index contributed by atoms with van der Waals surface area (Å²) >= 11 is 0. The lowest BCUT2D eigenvalue weighted by Gasteiger charge is -2.44. The molecule has 1 spiro atoms. The van der Waals surface area contributed by atoms with Gasteiger partial charge < -0.3 is 14.4 Å². The first-order valence-corrected chi connectivity index (χ1v) is 8.22. The van der Waals surface area contributed by atoms with Crippen LogP contribution < -0.4 is 4.74 Å². The molecule has 0 saturated carbocycles. The van der Waals surface area contributed by atoms with Crippen LogP contribution in [0.1, 0.15) is 28.8 Å². The van der Waals surface area contributed by atoms with E-state index in [2.05, 4.69) is 0 Å². The summed E-state index contributed by atoms with van der Waals surface area (Å²) in [5, 5.41) is 0. The monoisotopic (exact) mass is 345 g/mol. The molecule has 2 heterocycles. The second kappa shape index (κ2) is 6.11. The van der Waals surface area contributed by atoms with Crippen LogP contribution in [0.15, 0.2) is 42.5 Å². The van der Waals surface area contributed by atoms with Crippen molar-refractivity contribution in [2.24, 2.45) is 0 Å². The molecule has 1 amide bonds. The molecule has 0 unspecified atom stereocenters. The summed E-state index contributed by atoms with van der Waals surface area (Å²) in [7, 11) is 0. The molecule has 25 heavy (non-hydrogen) atoms. The minimum absolute atomic E-state index is 0.244. The SMILES string of the molecule is O=C(c1cc(F)ccc1F)N1CCC2(CC1)OCc1ccccc1O2. The van der Waals surface area contributed by atoms with Crippen LogP contribution in [0.5, 0.6) is 5.75 Å². The molecule has 2 aliphatic rings. The molecule has 2 aromatic rings. The van der Waals surface area contributed by atoms with E-state index < -0.39 is 23.3 Å². The number of para-hydroxylation sites is 1. The van der Waals surface area contributed by atoms with Gasteiger partial charge in [-0.2, -0.15) is 0 Å². The van der Waals surface area contributed by atoms with E-state index in [9.17, 15) is 13.6 Å². The van der Waals surface area contributed by atoms with E-state index in [1.165, 1.54) is 4.90 Å². The van der Waals surface area contributed by atoms with Gasteiger partial charge in [-0.05, 0) is 24.3 Å². The lowest BCUT2D eigenvalue weighted by molar-refractivity contribution is -0.225. The normalized spacial score (nSPS) is 18.6. The summed E-state index contributed by atoms with van der Waals surface area (Å²) in [6.45, 7) is 1.18. The van der Waals surface area contributed by atoms with Gasteiger partial charge in [0, 0.05) is 31.5 Å². The second-order valence-electron chi connectivity index (χ2n) is 6.33. The van der Waals surface area contributed by atoms with Gasteiger partial charge in [-0.3, -0.25) is 4.79 Å². The number of hydrogen-bond donors (Lipinski definition) is 0. The van der Waals surface area contributed by atoms with Crippen molar-refractivity contribution >= 4 is 5.91 Å². The highest BCUT2D eigenvalue weighted by atomic mass is 19.1. The molecule has 0 aromatic heterocycles. The molecule has 0 atom stereocenters. The zero-order valence-electron chi connectivity index (χ0n) is 13.5. The predicted molar refractivity (Wildman–Crippen MR) is 86.1 cm³/mol. The van der Waals surface area contributed by atoms with Gasteiger partial charge in [0.25, 0.3) is 5.91 Å². The molecule has 0 radical (unpaired) electrons. The summed E-state index contributed by atoms with van der Waals surface area (Å²) < 4.78 is 39.1. The molecular weight excluding hydrogens is 328 g/mol. The number of hydrogen-bond acceptors (Lipinski definition) is 3. The number of nitrogens with zero attached hydrogens (tertiary/aromatic N) is 1. The first kappa shape index (κ1) is 16.0. The molecular formula is C19H17F2NO3. The summed E-state index contributed by atoms with van der Waals surface area (Å²) in [5.74, 6) is -1.82. The maximum absolute atomic E-state index is 13.8. The van der Waals surface area contributed by atoms with E-state index in [0.717, 1.165) is 29.5 Å². The summed E-state index contributed by atoms with van der Waals surface area (Å²) in [6.07, 6.45) is 0.952. The molecule has 2 aromatic carbocycles. The molecule has 1 fully saturated rings. The lowest BCUT2D eigenvalue weighted by Crippen LogP contribution is -2.52. The third kappa shape index (κ3) is 2.98. The lowest BCUT2D eigenvalue weighted by atomic mass is 10.0. The average molecular weight is 345 g/mol. The Balaban J connectivity index is 1.47. The van der Waals surface area contributed by atoms with Gasteiger partial charge in [-0.15, -0.1) is 0 Å². The average Bonchev–Trinajstić information content (AvgIpc) is 2.64. The maximum atomic E-state index is 13.8. The van der Waals surface area contributed by atoms with Crippen LogP contribution in [0.2, 0.25) is 0 Å². The molecule has 4 nitrogen and oxygen atoms in total. The van der Waals surface area contributed by atoms with E-state index in [0.29, 0.717) is 32.5 Å². The number of rotatable bonds is 1. The highest BCUT2D eigenvalue weighted by Gasteiger charge is 2.42. The first-order chi connectivity index (χ1) is 12.1. The molecule has 6 heteroatoms. The maximum Gasteiger partial charge on any atom is 0.256 e. The minimum atomic E-state index is -0.758. The Morgan fingerprint density at radius 3 is 2.64 bits per heavy atom. The van der Waals surface area contributed by atoms with Crippen molar-refractivity contribution in [3.63, 3.8) is 0 Å². The van der Waals surface area contributed by atoms with E-state index in [-0.39, 0.29) is 5.56 Å². The number of amides is 1. The quantitative estimate of drug-likeness (QED) is 0.794. The Morgan fingerprint density at radius 1 is 1.08 bits per heavy atom. The van der Waals surface area contributed by atoms with E-state index in [1.807, 2.05) is 24.3 Å². The van der Waals surface area contributed by atoms with Crippen molar-refractivity contribution in [3.05, 3.63) is 65.2 Å². The zero-order chi connectivity index (χ0) is 17.4. The summed E-state index contributed by atoms with van der Waals surface area (Å²) in [4.78, 5) is 14.0. The van der Waals surface area contributed by atoms with E-state index in [4.69, 9.17) is 9.47 Å². The predicted octanol–water partition coefficient (Wildman–Crippen LogP) is 3.51. The minimum Gasteiger partial charge on any atom is -0.462 e. The number of fused-ring (bicyclic) bond motifs is 1. The fourth-order valence-electron chi connectivity index (χ4n) is 3.29. The molecule has 1 saturated heterocycles. The van der Waals surface area contributed by atoms with Crippen LogP contribution in [0.4, 0.5) is 8.78 Å². The standard InChI is InChI=1S/C19H17F2NO3/c20-14-5-6-16(21)15(11-14)18(23)22-9-7-19(8-10-22)24-12-13-3-1-2-4-17(13)25-19/h1-6,11H,7-10,12H2. The number of benzene rings is 2. The molecule has 0 N–H and O–H groups in total. The van der Waals surface area contributed by atoms with Crippen LogP contribution in [-0.4, -0.2) is 29.7 Å². The molecule has 4 rings (SSSR count). The fraction of sp³-hybridized carbons (Fsp3) is 0.316. The van der Waals surface area contributed by atoms with E-state index >= 15 is 0 Å². The van der Waals surface area contributed by atoms with Crippen molar-refractivity contribution in [3.8, 4) is 5.75 Å². The third-order valence-corrected chi connectivity index (χ3v) is 4.73. The van der Waals surface area contributed by atoms with Crippen LogP contribution in [0, 0.1) is 11.6 Å². The van der Waals surface area contributed by atoms with Gasteiger partial charge in [0.05, 0.1) is 12.2 Å². The number of halogens is 2. The van der Waals surface area contributed by atoms with E-state index in [1.54, 1.807) is 0 Å². The number of piperidine rings is 1.